The molecule has 3 aromatic rings. The number of aliphatic hydroxyl groups excluding tert-OH is 1. The van der Waals surface area contributed by atoms with Crippen LogP contribution in [0.5, 0.6) is 5.75 Å². The number of ketones is 1. The number of pyridine rings is 1. The van der Waals surface area contributed by atoms with Gasteiger partial charge in [-0.1, -0.05) is 17.7 Å². The van der Waals surface area contributed by atoms with Crippen LogP contribution in [0.4, 0.5) is 10.1 Å². The van der Waals surface area contributed by atoms with Crippen molar-refractivity contribution in [1.29, 1.82) is 0 Å². The first-order chi connectivity index (χ1) is 15.5. The number of aromatic nitrogens is 1. The maximum absolute atomic E-state index is 13.7. The highest BCUT2D eigenvalue weighted by Crippen LogP contribution is 2.43. The molecule has 2 aliphatic heterocycles. The normalized spacial score (nSPS) is 19.2. The zero-order valence-corrected chi connectivity index (χ0v) is 17.3. The van der Waals surface area contributed by atoms with Crippen molar-refractivity contribution in [3.63, 3.8) is 0 Å². The van der Waals surface area contributed by atoms with Gasteiger partial charge in [-0.15, -0.1) is 0 Å². The molecule has 1 saturated heterocycles. The van der Waals surface area contributed by atoms with Gasteiger partial charge < -0.3 is 9.84 Å². The summed E-state index contributed by atoms with van der Waals surface area (Å²) < 4.78 is 19.2. The molecule has 32 heavy (non-hydrogen) atoms. The van der Waals surface area contributed by atoms with Gasteiger partial charge in [0.15, 0.2) is 0 Å². The Morgan fingerprint density at radius 2 is 2.03 bits per heavy atom. The number of halogens is 2. The molecule has 0 bridgehead atoms. The fourth-order valence-electron chi connectivity index (χ4n) is 4.08. The molecule has 1 amide bonds. The lowest BCUT2D eigenvalue weighted by atomic mass is 9.95. The number of benzene rings is 2. The third kappa shape index (κ3) is 3.22. The summed E-state index contributed by atoms with van der Waals surface area (Å²) in [6.07, 6.45) is 3.76. The molecule has 1 fully saturated rings. The first-order valence-electron chi connectivity index (χ1n) is 9.88. The topological polar surface area (TPSA) is 79.7 Å². The highest BCUT2D eigenvalue weighted by atomic mass is 35.5. The Kier molecular flexibility index (Phi) is 4.90. The molecule has 2 aliphatic rings. The fraction of sp³-hybridized carbons (Fsp3) is 0.125. The van der Waals surface area contributed by atoms with Crippen LogP contribution < -0.4 is 9.64 Å². The molecule has 3 heterocycles. The number of hydrogen-bond acceptors (Lipinski definition) is 5. The van der Waals surface area contributed by atoms with Crippen LogP contribution in [0.1, 0.15) is 22.7 Å². The zero-order chi connectivity index (χ0) is 22.4. The maximum atomic E-state index is 13.7. The quantitative estimate of drug-likeness (QED) is 0.362. The molecule has 5 rings (SSSR count). The molecule has 1 aromatic heterocycles. The number of carbonyl (C=O) groups is 2. The van der Waals surface area contributed by atoms with Crippen molar-refractivity contribution < 1.29 is 23.8 Å². The molecule has 2 aromatic carbocycles. The summed E-state index contributed by atoms with van der Waals surface area (Å²) in [6, 6.07) is 11.3. The number of amides is 1. The monoisotopic (exact) mass is 450 g/mol. The largest absolute Gasteiger partial charge is 0.507 e. The van der Waals surface area contributed by atoms with Crippen molar-refractivity contribution in [2.75, 3.05) is 11.5 Å². The molecule has 0 saturated carbocycles. The zero-order valence-electron chi connectivity index (χ0n) is 16.6. The number of rotatable bonds is 3. The van der Waals surface area contributed by atoms with E-state index < -0.39 is 23.5 Å². The lowest BCUT2D eigenvalue weighted by Gasteiger charge is -2.25. The van der Waals surface area contributed by atoms with Crippen LogP contribution in [0, 0.1) is 5.82 Å². The van der Waals surface area contributed by atoms with Gasteiger partial charge in [0.1, 0.15) is 17.3 Å². The van der Waals surface area contributed by atoms with Crippen molar-refractivity contribution in [3.05, 3.63) is 94.0 Å². The molecule has 160 valence electrons. The lowest BCUT2D eigenvalue weighted by molar-refractivity contribution is -0.132. The van der Waals surface area contributed by atoms with Gasteiger partial charge in [-0.3, -0.25) is 19.5 Å². The van der Waals surface area contributed by atoms with E-state index >= 15 is 0 Å². The third-order valence-electron chi connectivity index (χ3n) is 5.59. The molecule has 1 N–H and O–H groups in total. The minimum Gasteiger partial charge on any atom is -0.507 e. The van der Waals surface area contributed by atoms with E-state index in [4.69, 9.17) is 16.3 Å². The Morgan fingerprint density at radius 3 is 2.78 bits per heavy atom. The molecule has 1 unspecified atom stereocenters. The van der Waals surface area contributed by atoms with Gasteiger partial charge in [-0.25, -0.2) is 4.39 Å². The molecular formula is C24H16ClFN2O4. The predicted molar refractivity (Wildman–Crippen MR) is 116 cm³/mol. The van der Waals surface area contributed by atoms with Crippen molar-refractivity contribution in [2.45, 2.75) is 12.5 Å². The van der Waals surface area contributed by atoms with E-state index in [1.807, 2.05) is 0 Å². The van der Waals surface area contributed by atoms with Crippen molar-refractivity contribution in [3.8, 4) is 5.75 Å². The number of Topliss-reactive ketones (excluding diaryl/α,β-unsaturated/α-hetero) is 1. The Hall–Kier alpha value is -3.71. The first kappa shape index (κ1) is 20.2. The smallest absolute Gasteiger partial charge is 0.300 e. The van der Waals surface area contributed by atoms with Crippen molar-refractivity contribution in [2.24, 2.45) is 0 Å². The number of ether oxygens (including phenoxy) is 1. The molecule has 6 nitrogen and oxygen atoms in total. The average Bonchev–Trinajstić information content (AvgIpc) is 3.38. The summed E-state index contributed by atoms with van der Waals surface area (Å²) in [5.74, 6) is -1.93. The van der Waals surface area contributed by atoms with Gasteiger partial charge in [0.25, 0.3) is 11.7 Å². The minimum absolute atomic E-state index is 0.0812. The number of carbonyl (C=O) groups excluding carboxylic acids is 2. The van der Waals surface area contributed by atoms with Crippen LogP contribution in [0.25, 0.3) is 5.76 Å². The first-order valence-corrected chi connectivity index (χ1v) is 10.3. The number of hydrogen-bond donors (Lipinski definition) is 1. The van der Waals surface area contributed by atoms with Gasteiger partial charge in [0, 0.05) is 30.1 Å². The SMILES string of the molecule is O=C1C(=O)N(c2ccc(F)c(Cl)c2)C(c2cccnc2)/C1=C(/O)c1ccc2c(c1)CCO2. The Balaban J connectivity index is 1.70. The van der Waals surface area contributed by atoms with E-state index in [1.165, 1.54) is 23.2 Å². The van der Waals surface area contributed by atoms with Gasteiger partial charge in [0.05, 0.1) is 23.2 Å². The Morgan fingerprint density at radius 1 is 1.19 bits per heavy atom. The van der Waals surface area contributed by atoms with E-state index in [2.05, 4.69) is 4.98 Å². The maximum Gasteiger partial charge on any atom is 0.300 e. The van der Waals surface area contributed by atoms with Crippen LogP contribution in [0.2, 0.25) is 5.02 Å². The average molecular weight is 451 g/mol. The summed E-state index contributed by atoms with van der Waals surface area (Å²) in [7, 11) is 0. The van der Waals surface area contributed by atoms with Gasteiger partial charge >= 0.3 is 0 Å². The van der Waals surface area contributed by atoms with Crippen molar-refractivity contribution in [1.82, 2.24) is 4.98 Å². The number of anilines is 1. The highest BCUT2D eigenvalue weighted by molar-refractivity contribution is 6.51. The predicted octanol–water partition coefficient (Wildman–Crippen LogP) is 4.44. The second kappa shape index (κ2) is 7.76. The van der Waals surface area contributed by atoms with Crippen LogP contribution in [-0.2, 0) is 16.0 Å². The summed E-state index contributed by atoms with van der Waals surface area (Å²) in [6.45, 7) is 0.547. The van der Waals surface area contributed by atoms with Gasteiger partial charge in [-0.05, 0) is 53.6 Å². The van der Waals surface area contributed by atoms with Crippen LogP contribution >= 0.6 is 11.6 Å². The summed E-state index contributed by atoms with van der Waals surface area (Å²) in [5, 5.41) is 11.0. The fourth-order valence-corrected chi connectivity index (χ4v) is 4.25. The molecule has 1 atom stereocenters. The van der Waals surface area contributed by atoms with Crippen LogP contribution in [0.3, 0.4) is 0 Å². The molecule has 0 spiro atoms. The standard InChI is InChI=1S/C24H16ClFN2O4/c25-17-11-16(4-5-18(17)26)28-21(15-2-1-8-27-12-15)20(23(30)24(28)31)22(29)14-3-6-19-13(10-14)7-9-32-19/h1-6,8,10-12,21,29H,7,9H2/b22-20-. The molecule has 8 heteroatoms. The number of aliphatic hydroxyl groups is 1. The van der Waals surface area contributed by atoms with E-state index in [9.17, 15) is 19.1 Å². The van der Waals surface area contributed by atoms with E-state index in [-0.39, 0.29) is 22.0 Å². The second-order valence-electron chi connectivity index (χ2n) is 7.47. The lowest BCUT2D eigenvalue weighted by Crippen LogP contribution is -2.29. The van der Waals surface area contributed by atoms with E-state index in [0.29, 0.717) is 24.2 Å². The van der Waals surface area contributed by atoms with Gasteiger partial charge in [0.2, 0.25) is 0 Å². The summed E-state index contributed by atoms with van der Waals surface area (Å²) >= 11 is 5.94. The Labute approximate surface area is 187 Å². The highest BCUT2D eigenvalue weighted by Gasteiger charge is 2.47. The van der Waals surface area contributed by atoms with Crippen molar-refractivity contribution >= 4 is 34.7 Å². The van der Waals surface area contributed by atoms with Crippen LogP contribution in [0.15, 0.2) is 66.5 Å². The third-order valence-corrected chi connectivity index (χ3v) is 5.88. The second-order valence-corrected chi connectivity index (χ2v) is 7.88. The van der Waals surface area contributed by atoms with E-state index in [1.54, 1.807) is 36.5 Å². The minimum atomic E-state index is -0.963. The number of nitrogens with zero attached hydrogens (tertiary/aromatic N) is 2. The summed E-state index contributed by atoms with van der Waals surface area (Å²) in [4.78, 5) is 31.5. The van der Waals surface area contributed by atoms with Crippen LogP contribution in [-0.4, -0.2) is 28.4 Å². The molecule has 0 radical (unpaired) electrons. The van der Waals surface area contributed by atoms with Gasteiger partial charge in [-0.2, -0.15) is 0 Å². The molecular weight excluding hydrogens is 435 g/mol. The Bertz CT molecular complexity index is 1290. The number of fused-ring (bicyclic) bond motifs is 1. The van der Waals surface area contributed by atoms with E-state index in [0.717, 1.165) is 17.4 Å². The molecule has 0 aliphatic carbocycles. The summed E-state index contributed by atoms with van der Waals surface area (Å²) in [5.41, 5.74) is 1.97.